The standard InChI is InChI=1S/C17H22N4OS/c1-16(2)7-12-8-17(3,9-16)10-21(12)15(22)18-11-4-5-14-13(6-11)19-20-23-14/h4-6,12H,7-10H2,1-3H3,(H,18,22)/t12-,17+/m0/s1. The number of hydrogen-bond donors (Lipinski definition) is 1. The third kappa shape index (κ3) is 2.69. The van der Waals surface area contributed by atoms with Gasteiger partial charge in [-0.15, -0.1) is 5.10 Å². The van der Waals surface area contributed by atoms with Crippen LogP contribution in [0.5, 0.6) is 0 Å². The number of nitrogens with one attached hydrogen (secondary N) is 1. The van der Waals surface area contributed by atoms with Gasteiger partial charge in [0, 0.05) is 18.3 Å². The maximum atomic E-state index is 12.8. The van der Waals surface area contributed by atoms with E-state index in [0.29, 0.717) is 11.5 Å². The lowest BCUT2D eigenvalue weighted by atomic mass is 9.65. The second kappa shape index (κ2) is 4.90. The summed E-state index contributed by atoms with van der Waals surface area (Å²) >= 11 is 1.37. The zero-order valence-electron chi connectivity index (χ0n) is 13.8. The number of hydrogen-bond acceptors (Lipinski definition) is 4. The number of fused-ring (bicyclic) bond motifs is 3. The Labute approximate surface area is 140 Å². The monoisotopic (exact) mass is 330 g/mol. The predicted octanol–water partition coefficient (Wildman–Crippen LogP) is 4.12. The summed E-state index contributed by atoms with van der Waals surface area (Å²) in [5, 5.41) is 7.12. The van der Waals surface area contributed by atoms with Gasteiger partial charge in [0.1, 0.15) is 5.52 Å². The number of carbonyl (C=O) groups excluding carboxylic acids is 1. The van der Waals surface area contributed by atoms with Crippen LogP contribution in [0.1, 0.15) is 40.0 Å². The van der Waals surface area contributed by atoms with Crippen molar-refractivity contribution in [3.63, 3.8) is 0 Å². The summed E-state index contributed by atoms with van der Waals surface area (Å²) in [5.74, 6) is 0. The van der Waals surface area contributed by atoms with E-state index in [1.54, 1.807) is 0 Å². The number of anilines is 1. The molecule has 122 valence electrons. The topological polar surface area (TPSA) is 58.1 Å². The smallest absolute Gasteiger partial charge is 0.321 e. The summed E-state index contributed by atoms with van der Waals surface area (Å²) in [4.78, 5) is 14.8. The average molecular weight is 330 g/mol. The molecule has 4 rings (SSSR count). The molecular formula is C17H22N4OS. The van der Waals surface area contributed by atoms with E-state index in [1.165, 1.54) is 18.0 Å². The number of aromatic nitrogens is 2. The first-order valence-electron chi connectivity index (χ1n) is 8.13. The van der Waals surface area contributed by atoms with Crippen molar-refractivity contribution >= 4 is 33.5 Å². The molecule has 1 N–H and O–H groups in total. The van der Waals surface area contributed by atoms with Crippen LogP contribution in [-0.4, -0.2) is 33.1 Å². The van der Waals surface area contributed by atoms with Crippen molar-refractivity contribution in [1.82, 2.24) is 14.5 Å². The molecule has 2 atom stereocenters. The van der Waals surface area contributed by atoms with Crippen molar-refractivity contribution in [3.8, 4) is 0 Å². The van der Waals surface area contributed by atoms with E-state index in [-0.39, 0.29) is 11.4 Å². The molecule has 0 spiro atoms. The molecule has 1 aliphatic heterocycles. The predicted molar refractivity (Wildman–Crippen MR) is 92.7 cm³/mol. The number of urea groups is 1. The van der Waals surface area contributed by atoms with E-state index in [0.717, 1.165) is 35.3 Å². The van der Waals surface area contributed by atoms with Crippen LogP contribution in [-0.2, 0) is 0 Å². The van der Waals surface area contributed by atoms with Crippen molar-refractivity contribution in [2.75, 3.05) is 11.9 Å². The molecule has 5 nitrogen and oxygen atoms in total. The Hall–Kier alpha value is -1.69. The van der Waals surface area contributed by atoms with Crippen LogP contribution >= 0.6 is 11.5 Å². The Balaban J connectivity index is 1.53. The van der Waals surface area contributed by atoms with E-state index in [4.69, 9.17) is 0 Å². The maximum Gasteiger partial charge on any atom is 0.322 e. The van der Waals surface area contributed by atoms with Crippen LogP contribution < -0.4 is 5.32 Å². The highest BCUT2D eigenvalue weighted by Gasteiger charge is 2.50. The SMILES string of the molecule is CC1(C)C[C@H]2C[C@@](C)(CN2C(=O)Nc2ccc3snnc3c2)C1. The van der Waals surface area contributed by atoms with Crippen LogP contribution in [0.25, 0.3) is 10.2 Å². The van der Waals surface area contributed by atoms with Crippen LogP contribution in [0.4, 0.5) is 10.5 Å². The third-order valence-corrected chi connectivity index (χ3v) is 5.88. The largest absolute Gasteiger partial charge is 0.322 e. The van der Waals surface area contributed by atoms with Gasteiger partial charge in [-0.25, -0.2) is 4.79 Å². The summed E-state index contributed by atoms with van der Waals surface area (Å²) < 4.78 is 4.97. The first-order chi connectivity index (χ1) is 10.8. The molecule has 6 heteroatoms. The average Bonchev–Trinajstić information content (AvgIpc) is 2.99. The van der Waals surface area contributed by atoms with Crippen molar-refractivity contribution in [2.24, 2.45) is 10.8 Å². The molecule has 0 unspecified atom stereocenters. The first kappa shape index (κ1) is 14.9. The highest BCUT2D eigenvalue weighted by atomic mass is 32.1. The van der Waals surface area contributed by atoms with Gasteiger partial charge in [0.05, 0.1) is 4.70 Å². The van der Waals surface area contributed by atoms with Gasteiger partial charge in [0.15, 0.2) is 0 Å². The fraction of sp³-hybridized carbons (Fsp3) is 0.588. The molecule has 2 heterocycles. The van der Waals surface area contributed by atoms with Crippen LogP contribution in [0.3, 0.4) is 0 Å². The van der Waals surface area contributed by atoms with Crippen molar-refractivity contribution < 1.29 is 4.79 Å². The molecule has 1 aromatic heterocycles. The van der Waals surface area contributed by atoms with E-state index >= 15 is 0 Å². The van der Waals surface area contributed by atoms with Crippen LogP contribution in [0.15, 0.2) is 18.2 Å². The molecule has 0 radical (unpaired) electrons. The molecule has 1 saturated heterocycles. The summed E-state index contributed by atoms with van der Waals surface area (Å²) in [7, 11) is 0. The number of rotatable bonds is 1. The first-order valence-corrected chi connectivity index (χ1v) is 8.91. The van der Waals surface area contributed by atoms with E-state index in [2.05, 4.69) is 35.7 Å². The Bertz CT molecular complexity index is 771. The lowest BCUT2D eigenvalue weighted by Gasteiger charge is -2.39. The highest BCUT2D eigenvalue weighted by molar-refractivity contribution is 7.12. The number of likely N-dealkylation sites (tertiary alicyclic amines) is 1. The molecular weight excluding hydrogens is 308 g/mol. The van der Waals surface area contributed by atoms with Crippen LogP contribution in [0, 0.1) is 10.8 Å². The lowest BCUT2D eigenvalue weighted by Crippen LogP contribution is -2.40. The second-order valence-corrected chi connectivity index (χ2v) is 9.01. The molecule has 2 aromatic rings. The Kier molecular flexibility index (Phi) is 3.17. The van der Waals surface area contributed by atoms with Gasteiger partial charge in [-0.2, -0.15) is 0 Å². The molecule has 2 bridgehead atoms. The third-order valence-electron chi connectivity index (χ3n) is 5.17. The quantitative estimate of drug-likeness (QED) is 0.855. The Morgan fingerprint density at radius 3 is 3.00 bits per heavy atom. The summed E-state index contributed by atoms with van der Waals surface area (Å²) in [6.07, 6.45) is 3.40. The van der Waals surface area contributed by atoms with Gasteiger partial charge >= 0.3 is 6.03 Å². The van der Waals surface area contributed by atoms with Gasteiger partial charge in [0.25, 0.3) is 0 Å². The van der Waals surface area contributed by atoms with Gasteiger partial charge in [-0.1, -0.05) is 25.3 Å². The number of amides is 2. The zero-order chi connectivity index (χ0) is 16.2. The minimum absolute atomic E-state index is 0.0129. The number of benzene rings is 1. The van der Waals surface area contributed by atoms with Crippen LogP contribution in [0.2, 0.25) is 0 Å². The lowest BCUT2D eigenvalue weighted by molar-refractivity contribution is 0.130. The number of nitrogens with zero attached hydrogens (tertiary/aromatic N) is 3. The molecule has 2 aliphatic rings. The fourth-order valence-corrected chi connectivity index (χ4v) is 5.29. The minimum atomic E-state index is 0.0129. The fourth-order valence-electron chi connectivity index (χ4n) is 4.75. The maximum absolute atomic E-state index is 12.8. The normalized spacial score (nSPS) is 29.0. The van der Waals surface area contributed by atoms with Gasteiger partial charge in [0.2, 0.25) is 0 Å². The van der Waals surface area contributed by atoms with Crippen molar-refractivity contribution in [1.29, 1.82) is 0 Å². The summed E-state index contributed by atoms with van der Waals surface area (Å²) in [6, 6.07) is 6.15. The summed E-state index contributed by atoms with van der Waals surface area (Å²) in [5.41, 5.74) is 2.20. The van der Waals surface area contributed by atoms with Gasteiger partial charge in [-0.05, 0) is 59.8 Å². The molecule has 2 fully saturated rings. The van der Waals surface area contributed by atoms with E-state index in [9.17, 15) is 4.79 Å². The molecule has 1 aromatic carbocycles. The number of carbonyl (C=O) groups is 1. The van der Waals surface area contributed by atoms with Gasteiger partial charge < -0.3 is 10.2 Å². The molecule has 1 aliphatic carbocycles. The second-order valence-electron chi connectivity index (χ2n) is 8.23. The molecule has 23 heavy (non-hydrogen) atoms. The van der Waals surface area contributed by atoms with Crippen molar-refractivity contribution in [3.05, 3.63) is 18.2 Å². The van der Waals surface area contributed by atoms with E-state index < -0.39 is 0 Å². The van der Waals surface area contributed by atoms with Crippen molar-refractivity contribution in [2.45, 2.75) is 46.1 Å². The summed E-state index contributed by atoms with van der Waals surface area (Å²) in [6.45, 7) is 7.82. The zero-order valence-corrected chi connectivity index (χ0v) is 14.6. The van der Waals surface area contributed by atoms with E-state index in [1.807, 2.05) is 23.1 Å². The molecule has 2 amide bonds. The Morgan fingerprint density at radius 1 is 1.35 bits per heavy atom. The van der Waals surface area contributed by atoms with Gasteiger partial charge in [-0.3, -0.25) is 0 Å². The Morgan fingerprint density at radius 2 is 2.17 bits per heavy atom. The minimum Gasteiger partial charge on any atom is -0.321 e. The molecule has 1 saturated carbocycles. The highest BCUT2D eigenvalue weighted by Crippen LogP contribution is 2.52.